The van der Waals surface area contributed by atoms with E-state index in [1.807, 2.05) is 11.3 Å². The monoisotopic (exact) mass is 483 g/mol. The number of rotatable bonds is 6. The van der Waals surface area contributed by atoms with Gasteiger partial charge in [-0.25, -0.2) is 4.98 Å². The summed E-state index contributed by atoms with van der Waals surface area (Å²) < 4.78 is 12.5. The minimum absolute atomic E-state index is 0.152. The number of carbonyl (C=O) groups is 1. The molecule has 3 aromatic heterocycles. The summed E-state index contributed by atoms with van der Waals surface area (Å²) in [6.45, 7) is 4.27. The Hall–Kier alpha value is -2.85. The lowest BCUT2D eigenvalue weighted by atomic mass is 9.89. The van der Waals surface area contributed by atoms with Crippen LogP contribution in [0.5, 0.6) is 11.5 Å². The third kappa shape index (κ3) is 4.13. The highest BCUT2D eigenvalue weighted by Gasteiger charge is 2.25. The number of thiophene rings is 1. The average molecular weight is 484 g/mol. The summed E-state index contributed by atoms with van der Waals surface area (Å²) in [5.74, 6) is 2.79. The molecule has 1 aromatic carbocycles. The van der Waals surface area contributed by atoms with Gasteiger partial charge in [0.1, 0.15) is 22.2 Å². The number of ether oxygens (including phenoxy) is 2. The number of nitrogens with one attached hydrogen (secondary N) is 1. The molecule has 0 saturated heterocycles. The molecule has 0 spiro atoms. The highest BCUT2D eigenvalue weighted by Crippen LogP contribution is 2.39. The zero-order chi connectivity index (χ0) is 23.1. The first-order valence-corrected chi connectivity index (χ1v) is 12.6. The predicted molar refractivity (Wildman–Crippen MR) is 131 cm³/mol. The van der Waals surface area contributed by atoms with Crippen LogP contribution < -0.4 is 14.8 Å². The van der Waals surface area contributed by atoms with Gasteiger partial charge in [-0.15, -0.1) is 21.5 Å². The van der Waals surface area contributed by atoms with Gasteiger partial charge in [0, 0.05) is 28.8 Å². The molecule has 0 aliphatic heterocycles. The number of hydrogen-bond acceptors (Lipinski definition) is 8. The second-order valence-electron chi connectivity index (χ2n) is 8.27. The van der Waals surface area contributed by atoms with Gasteiger partial charge in [-0.3, -0.25) is 9.20 Å². The van der Waals surface area contributed by atoms with E-state index in [-0.39, 0.29) is 11.7 Å². The van der Waals surface area contributed by atoms with Gasteiger partial charge in [-0.1, -0.05) is 18.7 Å². The van der Waals surface area contributed by atoms with Crippen molar-refractivity contribution in [1.82, 2.24) is 19.6 Å². The molecule has 1 aliphatic carbocycles. The number of amides is 1. The topological polar surface area (TPSA) is 90.6 Å². The largest absolute Gasteiger partial charge is 0.497 e. The standard InChI is InChI=1S/C23H25N5O3S2/c1-12-5-6-17-18(7-12)33-22-20(17)21-26-27-23(28(21)13(2)24-22)32-11-19(29)25-14-8-15(30-3)10-16(9-14)31-4/h8-10,12H,5-7,11H2,1-4H3,(H,25,29)/t12-/m0/s1. The Morgan fingerprint density at radius 3 is 2.73 bits per heavy atom. The lowest BCUT2D eigenvalue weighted by molar-refractivity contribution is -0.113. The molecular weight excluding hydrogens is 458 g/mol. The highest BCUT2D eigenvalue weighted by atomic mass is 32.2. The third-order valence-corrected chi connectivity index (χ3v) is 7.98. The molecule has 33 heavy (non-hydrogen) atoms. The molecule has 1 N–H and O–H groups in total. The van der Waals surface area contributed by atoms with E-state index in [1.165, 1.54) is 28.6 Å². The first kappa shape index (κ1) is 22.0. The van der Waals surface area contributed by atoms with E-state index in [4.69, 9.17) is 14.5 Å². The Morgan fingerprint density at radius 1 is 1.24 bits per heavy atom. The van der Waals surface area contributed by atoms with Gasteiger partial charge in [0.25, 0.3) is 0 Å². The Morgan fingerprint density at radius 2 is 2.00 bits per heavy atom. The fraction of sp³-hybridized carbons (Fsp3) is 0.391. The summed E-state index contributed by atoms with van der Waals surface area (Å²) >= 11 is 3.13. The van der Waals surface area contributed by atoms with E-state index < -0.39 is 0 Å². The summed E-state index contributed by atoms with van der Waals surface area (Å²) in [5.41, 5.74) is 2.82. The molecule has 5 rings (SSSR count). The Labute approximate surface area is 199 Å². The molecule has 0 saturated carbocycles. The number of aryl methyl sites for hydroxylation is 2. The van der Waals surface area contributed by atoms with Crippen LogP contribution in [0.25, 0.3) is 15.9 Å². The SMILES string of the molecule is COc1cc(NC(=O)CSc2nnc3c4c5c(sc4nc(C)n23)C[C@@H](C)CC5)cc(OC)c1. The van der Waals surface area contributed by atoms with Crippen LogP contribution in [0.2, 0.25) is 0 Å². The smallest absolute Gasteiger partial charge is 0.234 e. The van der Waals surface area contributed by atoms with Crippen molar-refractivity contribution in [3.63, 3.8) is 0 Å². The number of anilines is 1. The van der Waals surface area contributed by atoms with Gasteiger partial charge < -0.3 is 14.8 Å². The van der Waals surface area contributed by atoms with Crippen molar-refractivity contribution in [2.45, 2.75) is 38.3 Å². The average Bonchev–Trinajstić information content (AvgIpc) is 3.38. The molecule has 0 radical (unpaired) electrons. The molecule has 1 atom stereocenters. The number of thioether (sulfide) groups is 1. The second kappa shape index (κ2) is 8.83. The van der Waals surface area contributed by atoms with Gasteiger partial charge >= 0.3 is 0 Å². The zero-order valence-electron chi connectivity index (χ0n) is 19.0. The summed E-state index contributed by atoms with van der Waals surface area (Å²) in [6.07, 6.45) is 3.34. The van der Waals surface area contributed by atoms with E-state index in [9.17, 15) is 4.79 Å². The maximum Gasteiger partial charge on any atom is 0.234 e. The summed E-state index contributed by atoms with van der Waals surface area (Å²) in [4.78, 5) is 20.0. The van der Waals surface area contributed by atoms with Gasteiger partial charge in [-0.05, 0) is 37.7 Å². The van der Waals surface area contributed by atoms with E-state index >= 15 is 0 Å². The number of nitrogens with zero attached hydrogens (tertiary/aromatic N) is 4. The van der Waals surface area contributed by atoms with Crippen LogP contribution in [-0.2, 0) is 17.6 Å². The van der Waals surface area contributed by atoms with Gasteiger partial charge in [0.15, 0.2) is 10.8 Å². The molecule has 0 fully saturated rings. The number of benzene rings is 1. The van der Waals surface area contributed by atoms with Gasteiger partial charge in [-0.2, -0.15) is 0 Å². The second-order valence-corrected chi connectivity index (χ2v) is 10.3. The van der Waals surface area contributed by atoms with Crippen molar-refractivity contribution in [3.05, 3.63) is 34.5 Å². The van der Waals surface area contributed by atoms with E-state index in [0.29, 0.717) is 28.3 Å². The summed E-state index contributed by atoms with van der Waals surface area (Å²) in [5, 5.41) is 13.6. The van der Waals surface area contributed by atoms with E-state index in [0.717, 1.165) is 34.5 Å². The van der Waals surface area contributed by atoms with Crippen molar-refractivity contribution in [2.75, 3.05) is 25.3 Å². The van der Waals surface area contributed by atoms with Crippen LogP contribution in [0.3, 0.4) is 0 Å². The molecule has 4 aromatic rings. The first-order valence-electron chi connectivity index (χ1n) is 10.8. The zero-order valence-corrected chi connectivity index (χ0v) is 20.6. The number of aromatic nitrogens is 4. The lowest BCUT2D eigenvalue weighted by Gasteiger charge is -2.17. The van der Waals surface area contributed by atoms with Crippen LogP contribution in [0.4, 0.5) is 5.69 Å². The Balaban J connectivity index is 1.39. The summed E-state index contributed by atoms with van der Waals surface area (Å²) in [7, 11) is 3.15. The molecule has 3 heterocycles. The Kier molecular flexibility index (Phi) is 5.88. The third-order valence-electron chi connectivity index (χ3n) is 5.90. The lowest BCUT2D eigenvalue weighted by Crippen LogP contribution is -2.14. The molecular formula is C23H25N5O3S2. The normalized spacial score (nSPS) is 15.6. The van der Waals surface area contributed by atoms with Crippen molar-refractivity contribution in [3.8, 4) is 11.5 Å². The van der Waals surface area contributed by atoms with E-state index in [2.05, 4.69) is 22.4 Å². The van der Waals surface area contributed by atoms with Crippen molar-refractivity contribution in [1.29, 1.82) is 0 Å². The minimum Gasteiger partial charge on any atom is -0.497 e. The molecule has 8 nitrogen and oxygen atoms in total. The number of methoxy groups -OCH3 is 2. The molecule has 0 bridgehead atoms. The summed E-state index contributed by atoms with van der Waals surface area (Å²) in [6, 6.07) is 5.26. The van der Waals surface area contributed by atoms with Crippen LogP contribution in [0, 0.1) is 12.8 Å². The van der Waals surface area contributed by atoms with Crippen molar-refractivity contribution in [2.24, 2.45) is 5.92 Å². The first-order chi connectivity index (χ1) is 16.0. The fourth-order valence-electron chi connectivity index (χ4n) is 4.27. The number of hydrogen-bond donors (Lipinski definition) is 1. The molecule has 1 aliphatic rings. The molecule has 10 heteroatoms. The van der Waals surface area contributed by atoms with Crippen LogP contribution >= 0.6 is 23.1 Å². The van der Waals surface area contributed by atoms with Crippen LogP contribution in [-0.4, -0.2) is 45.5 Å². The van der Waals surface area contributed by atoms with Crippen molar-refractivity contribution < 1.29 is 14.3 Å². The quantitative estimate of drug-likeness (QED) is 0.403. The molecule has 1 amide bonds. The maximum absolute atomic E-state index is 12.6. The van der Waals surface area contributed by atoms with Gasteiger partial charge in [0.2, 0.25) is 5.91 Å². The number of fused-ring (bicyclic) bond motifs is 5. The van der Waals surface area contributed by atoms with Crippen molar-refractivity contribution >= 4 is 50.6 Å². The number of carbonyl (C=O) groups excluding carboxylic acids is 1. The maximum atomic E-state index is 12.6. The molecule has 172 valence electrons. The van der Waals surface area contributed by atoms with E-state index in [1.54, 1.807) is 43.8 Å². The van der Waals surface area contributed by atoms with Crippen LogP contribution in [0.1, 0.15) is 29.6 Å². The fourth-order valence-corrected chi connectivity index (χ4v) is 6.47. The van der Waals surface area contributed by atoms with Crippen LogP contribution in [0.15, 0.2) is 23.4 Å². The molecule has 0 unspecified atom stereocenters. The van der Waals surface area contributed by atoms with Gasteiger partial charge in [0.05, 0.1) is 25.4 Å². The highest BCUT2D eigenvalue weighted by molar-refractivity contribution is 7.99. The minimum atomic E-state index is -0.152. The predicted octanol–water partition coefficient (Wildman–Crippen LogP) is 4.52. The Bertz CT molecular complexity index is 1340.